The quantitative estimate of drug-likeness (QED) is 0.821. The molecule has 94 valence electrons. The van der Waals surface area contributed by atoms with E-state index in [1.165, 1.54) is 0 Å². The van der Waals surface area contributed by atoms with Crippen LogP contribution >= 0.6 is 0 Å². The Bertz CT molecular complexity index is 547. The average Bonchev–Trinajstić information content (AvgIpc) is 2.83. The Morgan fingerprint density at radius 2 is 2.06 bits per heavy atom. The predicted molar refractivity (Wildman–Crippen MR) is 68.9 cm³/mol. The van der Waals surface area contributed by atoms with E-state index in [1.807, 2.05) is 24.3 Å². The van der Waals surface area contributed by atoms with Crippen molar-refractivity contribution in [2.24, 2.45) is 0 Å². The molecule has 2 N–H and O–H groups in total. The Labute approximate surface area is 106 Å². The van der Waals surface area contributed by atoms with Gasteiger partial charge in [-0.05, 0) is 37.1 Å². The van der Waals surface area contributed by atoms with E-state index in [1.54, 1.807) is 7.11 Å². The Balaban J connectivity index is 2.04. The minimum absolute atomic E-state index is 0.0637. The first-order valence-corrected chi connectivity index (χ1v) is 6.11. The van der Waals surface area contributed by atoms with E-state index in [0.29, 0.717) is 0 Å². The van der Waals surface area contributed by atoms with Crippen molar-refractivity contribution in [3.63, 3.8) is 0 Å². The highest BCUT2D eigenvalue weighted by molar-refractivity contribution is 5.59. The molecular formula is C13H16N4O. The van der Waals surface area contributed by atoms with Crippen molar-refractivity contribution < 1.29 is 4.74 Å². The first-order chi connectivity index (χ1) is 8.79. The number of aromatic nitrogens is 3. The minimum Gasteiger partial charge on any atom is -0.399 e. The van der Waals surface area contributed by atoms with E-state index in [-0.39, 0.29) is 6.10 Å². The van der Waals surface area contributed by atoms with Gasteiger partial charge in [-0.15, -0.1) is 10.2 Å². The fourth-order valence-electron chi connectivity index (χ4n) is 2.41. The topological polar surface area (TPSA) is 66.0 Å². The van der Waals surface area contributed by atoms with E-state index in [9.17, 15) is 0 Å². The van der Waals surface area contributed by atoms with E-state index >= 15 is 0 Å². The maximum absolute atomic E-state index is 5.70. The van der Waals surface area contributed by atoms with E-state index in [2.05, 4.69) is 14.8 Å². The van der Waals surface area contributed by atoms with Crippen LogP contribution in [0.5, 0.6) is 0 Å². The number of nitrogen functional groups attached to an aromatic ring is 1. The molecule has 5 nitrogen and oxygen atoms in total. The summed E-state index contributed by atoms with van der Waals surface area (Å²) in [5.74, 6) is 1.82. The molecule has 1 aliphatic rings. The molecule has 0 radical (unpaired) electrons. The summed E-state index contributed by atoms with van der Waals surface area (Å²) < 4.78 is 7.58. The fraction of sp³-hybridized carbons (Fsp3) is 0.385. The van der Waals surface area contributed by atoms with Crippen molar-refractivity contribution in [3.05, 3.63) is 30.1 Å². The van der Waals surface area contributed by atoms with Crippen molar-refractivity contribution in [1.82, 2.24) is 14.8 Å². The van der Waals surface area contributed by atoms with Gasteiger partial charge < -0.3 is 15.0 Å². The second-order valence-electron chi connectivity index (χ2n) is 4.52. The van der Waals surface area contributed by atoms with Crippen LogP contribution < -0.4 is 5.73 Å². The zero-order chi connectivity index (χ0) is 12.5. The average molecular weight is 244 g/mol. The Morgan fingerprint density at radius 3 is 2.78 bits per heavy atom. The second-order valence-corrected chi connectivity index (χ2v) is 4.52. The molecule has 0 aliphatic carbocycles. The summed E-state index contributed by atoms with van der Waals surface area (Å²) in [5, 5.41) is 8.55. The molecule has 0 fully saturated rings. The molecule has 1 unspecified atom stereocenters. The van der Waals surface area contributed by atoms with E-state index in [0.717, 1.165) is 42.3 Å². The third kappa shape index (κ3) is 1.76. The van der Waals surface area contributed by atoms with Gasteiger partial charge in [-0.1, -0.05) is 0 Å². The highest BCUT2D eigenvalue weighted by atomic mass is 16.5. The van der Waals surface area contributed by atoms with Crippen molar-refractivity contribution in [1.29, 1.82) is 0 Å². The minimum atomic E-state index is 0.0637. The standard InChI is InChI=1S/C13H16N4O/c1-18-11-3-2-8-17-12(15-16-13(11)17)9-4-6-10(14)7-5-9/h4-7,11H,2-3,8,14H2,1H3. The van der Waals surface area contributed by atoms with Crippen LogP contribution in [0.1, 0.15) is 24.8 Å². The van der Waals surface area contributed by atoms with Crippen molar-refractivity contribution in [3.8, 4) is 11.4 Å². The molecular weight excluding hydrogens is 228 g/mol. The number of methoxy groups -OCH3 is 1. The lowest BCUT2D eigenvalue weighted by atomic mass is 10.1. The summed E-state index contributed by atoms with van der Waals surface area (Å²) in [5.41, 5.74) is 7.50. The fourth-order valence-corrected chi connectivity index (χ4v) is 2.41. The lowest BCUT2D eigenvalue weighted by Gasteiger charge is -2.22. The van der Waals surface area contributed by atoms with Gasteiger partial charge in [0.1, 0.15) is 6.10 Å². The zero-order valence-electron chi connectivity index (χ0n) is 10.3. The van der Waals surface area contributed by atoms with Crippen LogP contribution in [0.4, 0.5) is 5.69 Å². The number of fused-ring (bicyclic) bond motifs is 1. The molecule has 0 saturated heterocycles. The number of anilines is 1. The Kier molecular flexibility index (Phi) is 2.76. The summed E-state index contributed by atoms with van der Waals surface area (Å²) in [7, 11) is 1.72. The van der Waals surface area contributed by atoms with E-state index in [4.69, 9.17) is 10.5 Å². The van der Waals surface area contributed by atoms with Gasteiger partial charge in [-0.3, -0.25) is 0 Å². The van der Waals surface area contributed by atoms with Crippen LogP contribution in [-0.4, -0.2) is 21.9 Å². The number of rotatable bonds is 2. The molecule has 5 heteroatoms. The molecule has 0 saturated carbocycles. The summed E-state index contributed by atoms with van der Waals surface area (Å²) in [6.07, 6.45) is 2.16. The van der Waals surface area contributed by atoms with Gasteiger partial charge in [0.15, 0.2) is 11.6 Å². The third-order valence-corrected chi connectivity index (χ3v) is 3.37. The van der Waals surface area contributed by atoms with Crippen LogP contribution in [0.15, 0.2) is 24.3 Å². The number of nitrogens with two attached hydrogens (primary N) is 1. The second kappa shape index (κ2) is 4.42. The van der Waals surface area contributed by atoms with Gasteiger partial charge in [0.25, 0.3) is 0 Å². The largest absolute Gasteiger partial charge is 0.399 e. The summed E-state index contributed by atoms with van der Waals surface area (Å²) >= 11 is 0. The van der Waals surface area contributed by atoms with Crippen LogP contribution in [-0.2, 0) is 11.3 Å². The highest BCUT2D eigenvalue weighted by Gasteiger charge is 2.25. The smallest absolute Gasteiger partial charge is 0.164 e. The summed E-state index contributed by atoms with van der Waals surface area (Å²) in [6, 6.07) is 7.72. The van der Waals surface area contributed by atoms with Crippen molar-refractivity contribution in [2.45, 2.75) is 25.5 Å². The first-order valence-electron chi connectivity index (χ1n) is 6.11. The summed E-state index contributed by atoms with van der Waals surface area (Å²) in [6.45, 7) is 0.946. The van der Waals surface area contributed by atoms with Crippen molar-refractivity contribution in [2.75, 3.05) is 12.8 Å². The molecule has 2 aromatic rings. The Morgan fingerprint density at radius 1 is 1.28 bits per heavy atom. The van der Waals surface area contributed by atoms with Gasteiger partial charge in [0.05, 0.1) is 0 Å². The molecule has 0 spiro atoms. The van der Waals surface area contributed by atoms with Crippen LogP contribution in [0.25, 0.3) is 11.4 Å². The highest BCUT2D eigenvalue weighted by Crippen LogP contribution is 2.30. The third-order valence-electron chi connectivity index (χ3n) is 3.37. The van der Waals surface area contributed by atoms with Gasteiger partial charge in [-0.2, -0.15) is 0 Å². The molecule has 1 atom stereocenters. The normalized spacial score (nSPS) is 18.6. The molecule has 0 bridgehead atoms. The number of ether oxygens (including phenoxy) is 1. The van der Waals surface area contributed by atoms with Gasteiger partial charge in [0.2, 0.25) is 0 Å². The van der Waals surface area contributed by atoms with Crippen molar-refractivity contribution >= 4 is 5.69 Å². The monoisotopic (exact) mass is 244 g/mol. The zero-order valence-corrected chi connectivity index (χ0v) is 10.3. The lowest BCUT2D eigenvalue weighted by molar-refractivity contribution is 0.0719. The molecule has 3 rings (SSSR count). The maximum atomic E-state index is 5.70. The molecule has 1 aromatic carbocycles. The van der Waals surface area contributed by atoms with Crippen LogP contribution in [0.3, 0.4) is 0 Å². The van der Waals surface area contributed by atoms with Gasteiger partial charge >= 0.3 is 0 Å². The lowest BCUT2D eigenvalue weighted by Crippen LogP contribution is -2.17. The number of benzene rings is 1. The SMILES string of the molecule is COC1CCCn2c(-c3ccc(N)cc3)nnc21. The molecule has 2 heterocycles. The van der Waals surface area contributed by atoms with Crippen LogP contribution in [0.2, 0.25) is 0 Å². The van der Waals surface area contributed by atoms with Crippen LogP contribution in [0, 0.1) is 0 Å². The van der Waals surface area contributed by atoms with Gasteiger partial charge in [-0.25, -0.2) is 0 Å². The first kappa shape index (κ1) is 11.2. The van der Waals surface area contributed by atoms with Gasteiger partial charge in [0, 0.05) is 24.9 Å². The molecule has 0 amide bonds. The number of hydrogen-bond acceptors (Lipinski definition) is 4. The van der Waals surface area contributed by atoms with E-state index < -0.39 is 0 Å². The maximum Gasteiger partial charge on any atom is 0.164 e. The molecule has 18 heavy (non-hydrogen) atoms. The number of hydrogen-bond donors (Lipinski definition) is 1. The molecule has 1 aliphatic heterocycles. The number of nitrogens with zero attached hydrogens (tertiary/aromatic N) is 3. The predicted octanol–water partition coefficient (Wildman–Crippen LogP) is 2.01. The molecule has 1 aromatic heterocycles. The Hall–Kier alpha value is -1.88. The summed E-state index contributed by atoms with van der Waals surface area (Å²) in [4.78, 5) is 0.